The molecule has 0 fully saturated rings. The summed E-state index contributed by atoms with van der Waals surface area (Å²) < 4.78 is 24.0. The van der Waals surface area contributed by atoms with E-state index in [1.54, 1.807) is 25.1 Å². The van der Waals surface area contributed by atoms with E-state index in [4.69, 9.17) is 5.73 Å². The van der Waals surface area contributed by atoms with Crippen molar-refractivity contribution in [3.63, 3.8) is 0 Å². The number of thiazole rings is 1. The highest BCUT2D eigenvalue weighted by Gasteiger charge is 2.17. The van der Waals surface area contributed by atoms with Gasteiger partial charge in [0.15, 0.2) is 0 Å². The number of rotatable bonds is 2. The van der Waals surface area contributed by atoms with E-state index in [0.717, 1.165) is 16.0 Å². The van der Waals surface area contributed by atoms with Crippen LogP contribution in [0.1, 0.15) is 6.92 Å². The molecule has 15 heavy (non-hydrogen) atoms. The third kappa shape index (κ3) is 1.82. The first kappa shape index (κ1) is 10.4. The van der Waals surface area contributed by atoms with Crippen molar-refractivity contribution in [2.45, 2.75) is 11.3 Å². The van der Waals surface area contributed by atoms with Crippen molar-refractivity contribution < 1.29 is 8.42 Å². The molecule has 0 spiro atoms. The van der Waals surface area contributed by atoms with Crippen molar-refractivity contribution >= 4 is 37.1 Å². The zero-order valence-electron chi connectivity index (χ0n) is 8.02. The van der Waals surface area contributed by atoms with Gasteiger partial charge in [0, 0.05) is 0 Å². The van der Waals surface area contributed by atoms with Crippen LogP contribution in [-0.4, -0.2) is 19.2 Å². The fraction of sp³-hybridized carbons (Fsp3) is 0.222. The van der Waals surface area contributed by atoms with E-state index in [9.17, 15) is 8.42 Å². The zero-order valence-corrected chi connectivity index (χ0v) is 9.65. The maximum absolute atomic E-state index is 11.6. The monoisotopic (exact) mass is 241 g/mol. The molecule has 0 aliphatic rings. The van der Waals surface area contributed by atoms with Crippen LogP contribution < -0.4 is 5.73 Å². The minimum atomic E-state index is -3.23. The lowest BCUT2D eigenvalue weighted by molar-refractivity contribution is 0.596. The molecule has 0 aliphatic heterocycles. The second kappa shape index (κ2) is 3.46. The topological polar surface area (TPSA) is 70.8 Å². The maximum atomic E-state index is 11.6. The summed E-state index contributed by atoms with van der Waals surface area (Å²) in [5.41, 5.74) is 8.43. The zero-order chi connectivity index (χ0) is 11.1. The molecule has 2 rings (SSSR count). The Balaban J connectivity index is 2.67. The predicted octanol–water partition coefficient (Wildman–Crippen LogP) is 2.00. The van der Waals surface area contributed by atoms with Crippen LogP contribution in [0.25, 0.3) is 10.2 Å². The van der Waals surface area contributed by atoms with Crippen LogP contribution in [0, 0.1) is 0 Å². The quantitative estimate of drug-likeness (QED) is 0.807. The van der Waals surface area contributed by atoms with Gasteiger partial charge in [-0.1, -0.05) is 6.92 Å². The summed E-state index contributed by atoms with van der Waals surface area (Å²) in [7, 11) is -3.23. The lowest BCUT2D eigenvalue weighted by Crippen LogP contribution is -2.02. The van der Waals surface area contributed by atoms with Gasteiger partial charge in [0.1, 0.15) is 0 Å². The van der Waals surface area contributed by atoms with Crippen molar-refractivity contribution in [2.24, 2.45) is 0 Å². The molecule has 0 atom stereocenters. The Morgan fingerprint density at radius 3 is 2.87 bits per heavy atom. The molecule has 2 aromatic rings. The molecule has 4 nitrogen and oxygen atoms in total. The average molecular weight is 241 g/mol. The number of hydrogen-bond acceptors (Lipinski definition) is 4. The molecule has 0 amide bonds. The Hall–Kier alpha value is -1.14. The predicted molar refractivity (Wildman–Crippen MR) is 60.1 cm³/mol. The standard InChI is InChI=1S/C9H9N2O2S2/c1-2-15(12,13)9-11-7-4-3-6(10)5-8(7)14-9/h3-5,10H,2H2,1H3. The highest BCUT2D eigenvalue weighted by Crippen LogP contribution is 2.27. The van der Waals surface area contributed by atoms with E-state index in [-0.39, 0.29) is 10.1 Å². The molecule has 0 unspecified atom stereocenters. The Kier molecular flexibility index (Phi) is 2.40. The van der Waals surface area contributed by atoms with Gasteiger partial charge in [0.2, 0.25) is 14.2 Å². The van der Waals surface area contributed by atoms with Crippen LogP contribution in [0.3, 0.4) is 0 Å². The summed E-state index contributed by atoms with van der Waals surface area (Å²) in [6, 6.07) is 4.90. The van der Waals surface area contributed by atoms with Gasteiger partial charge in [-0.05, 0) is 18.2 Å². The van der Waals surface area contributed by atoms with Crippen LogP contribution in [0.2, 0.25) is 0 Å². The number of nitrogens with zero attached hydrogens (tertiary/aromatic N) is 1. The largest absolute Gasteiger partial charge is 0.301 e. The van der Waals surface area contributed by atoms with E-state index in [2.05, 4.69) is 4.98 Å². The molecule has 0 aliphatic carbocycles. The normalized spacial score (nSPS) is 12.1. The summed E-state index contributed by atoms with van der Waals surface area (Å²) in [6.07, 6.45) is 0. The fourth-order valence-corrected chi connectivity index (χ4v) is 3.51. The van der Waals surface area contributed by atoms with Gasteiger partial charge in [-0.15, -0.1) is 11.3 Å². The van der Waals surface area contributed by atoms with Crippen LogP contribution in [0.4, 0.5) is 5.69 Å². The molecule has 0 bridgehead atoms. The smallest absolute Gasteiger partial charge is 0.210 e. The first-order valence-electron chi connectivity index (χ1n) is 4.38. The van der Waals surface area contributed by atoms with Gasteiger partial charge in [0.25, 0.3) is 0 Å². The summed E-state index contributed by atoms with van der Waals surface area (Å²) in [6.45, 7) is 1.59. The summed E-state index contributed by atoms with van der Waals surface area (Å²) in [4.78, 5) is 4.04. The lowest BCUT2D eigenvalue weighted by Gasteiger charge is -1.91. The SMILES string of the molecule is CCS(=O)(=O)c1nc2ccc([NH])cc2s1. The Morgan fingerprint density at radius 2 is 2.20 bits per heavy atom. The van der Waals surface area contributed by atoms with Crippen molar-refractivity contribution in [1.29, 1.82) is 0 Å². The molecule has 0 saturated carbocycles. The van der Waals surface area contributed by atoms with E-state index >= 15 is 0 Å². The van der Waals surface area contributed by atoms with Crippen LogP contribution in [0.15, 0.2) is 22.5 Å². The minimum Gasteiger partial charge on any atom is -0.301 e. The third-order valence-corrected chi connectivity index (χ3v) is 5.22. The van der Waals surface area contributed by atoms with E-state index in [0.29, 0.717) is 11.2 Å². The fourth-order valence-electron chi connectivity index (χ4n) is 1.16. The van der Waals surface area contributed by atoms with E-state index in [1.165, 1.54) is 0 Å². The number of fused-ring (bicyclic) bond motifs is 1. The van der Waals surface area contributed by atoms with Crippen molar-refractivity contribution in [3.8, 4) is 0 Å². The molecule has 1 aromatic heterocycles. The van der Waals surface area contributed by atoms with Crippen molar-refractivity contribution in [3.05, 3.63) is 18.2 Å². The number of aromatic nitrogens is 1. The molecule has 1 N–H and O–H groups in total. The molecule has 1 aromatic carbocycles. The van der Waals surface area contributed by atoms with Gasteiger partial charge in [-0.2, -0.15) is 0 Å². The van der Waals surface area contributed by atoms with Crippen LogP contribution >= 0.6 is 11.3 Å². The Labute approximate surface area is 91.7 Å². The summed E-state index contributed by atoms with van der Waals surface area (Å²) in [5, 5.41) is 0. The number of hydrogen-bond donors (Lipinski definition) is 0. The molecule has 0 saturated heterocycles. The van der Waals surface area contributed by atoms with Crippen LogP contribution in [-0.2, 0) is 9.84 Å². The van der Waals surface area contributed by atoms with Gasteiger partial charge in [-0.3, -0.25) is 0 Å². The van der Waals surface area contributed by atoms with Crippen molar-refractivity contribution in [2.75, 3.05) is 5.75 Å². The summed E-state index contributed by atoms with van der Waals surface area (Å²) in [5.74, 6) is 0.0561. The molecular formula is C9H9N2O2S2. The van der Waals surface area contributed by atoms with Crippen LogP contribution in [0.5, 0.6) is 0 Å². The highest BCUT2D eigenvalue weighted by atomic mass is 32.2. The number of nitrogens with one attached hydrogen (secondary N) is 1. The molecule has 6 heteroatoms. The second-order valence-electron chi connectivity index (χ2n) is 3.07. The summed E-state index contributed by atoms with van der Waals surface area (Å²) >= 11 is 1.12. The molecule has 79 valence electrons. The molecule has 1 heterocycles. The Bertz CT molecular complexity index is 602. The van der Waals surface area contributed by atoms with E-state index < -0.39 is 9.84 Å². The van der Waals surface area contributed by atoms with Crippen molar-refractivity contribution in [1.82, 2.24) is 10.7 Å². The van der Waals surface area contributed by atoms with Gasteiger partial charge >= 0.3 is 0 Å². The third-order valence-electron chi connectivity index (χ3n) is 2.01. The lowest BCUT2D eigenvalue weighted by atomic mass is 10.3. The first-order chi connectivity index (χ1) is 7.03. The average Bonchev–Trinajstić information content (AvgIpc) is 2.61. The Morgan fingerprint density at radius 1 is 1.47 bits per heavy atom. The second-order valence-corrected chi connectivity index (χ2v) is 6.55. The minimum absolute atomic E-state index is 0.0561. The molecular weight excluding hydrogens is 232 g/mol. The first-order valence-corrected chi connectivity index (χ1v) is 6.85. The van der Waals surface area contributed by atoms with Gasteiger partial charge < -0.3 is 5.73 Å². The maximum Gasteiger partial charge on any atom is 0.210 e. The number of sulfone groups is 1. The van der Waals surface area contributed by atoms with Gasteiger partial charge in [-0.25, -0.2) is 13.4 Å². The molecule has 1 radical (unpaired) electrons. The number of benzene rings is 1. The highest BCUT2D eigenvalue weighted by molar-refractivity contribution is 7.93. The van der Waals surface area contributed by atoms with Gasteiger partial charge in [0.05, 0.1) is 21.7 Å². The van der Waals surface area contributed by atoms with E-state index in [1.807, 2.05) is 0 Å².